The van der Waals surface area contributed by atoms with E-state index in [9.17, 15) is 13.2 Å². The Morgan fingerprint density at radius 2 is 1.82 bits per heavy atom. The average molecular weight is 485 g/mol. The number of alkyl halides is 3. The summed E-state index contributed by atoms with van der Waals surface area (Å²) in [6.07, 6.45) is -4.61. The molecule has 0 N–H and O–H groups in total. The van der Waals surface area contributed by atoms with Crippen molar-refractivity contribution in [2.45, 2.75) is 33.6 Å². The predicted molar refractivity (Wildman–Crippen MR) is 122 cm³/mol. The first-order valence-electron chi connectivity index (χ1n) is 10.4. The molecule has 0 unspecified atom stereocenters. The van der Waals surface area contributed by atoms with Crippen molar-refractivity contribution >= 4 is 22.4 Å². The van der Waals surface area contributed by atoms with E-state index < -0.39 is 11.7 Å². The molecule has 5 rings (SSSR count). The maximum absolute atomic E-state index is 14.0. The molecule has 174 valence electrons. The highest BCUT2D eigenvalue weighted by Crippen LogP contribution is 2.38. The SMILES string of the molecule is Cc1ccc(-n2nc(C)c3c(C(F)(F)F)cc(OCc4nc(-c5cccs5)oc4C)nc32)cc1. The van der Waals surface area contributed by atoms with E-state index in [1.54, 1.807) is 19.1 Å². The van der Waals surface area contributed by atoms with Crippen molar-refractivity contribution in [2.75, 3.05) is 0 Å². The van der Waals surface area contributed by atoms with E-state index in [4.69, 9.17) is 9.15 Å². The lowest BCUT2D eigenvalue weighted by Gasteiger charge is -2.12. The van der Waals surface area contributed by atoms with Crippen LogP contribution < -0.4 is 4.74 Å². The van der Waals surface area contributed by atoms with Crippen LogP contribution >= 0.6 is 11.3 Å². The third-order valence-electron chi connectivity index (χ3n) is 5.35. The monoisotopic (exact) mass is 484 g/mol. The van der Waals surface area contributed by atoms with Gasteiger partial charge in [-0.3, -0.25) is 0 Å². The molecule has 34 heavy (non-hydrogen) atoms. The number of hydrogen-bond donors (Lipinski definition) is 0. The number of aromatic nitrogens is 4. The zero-order valence-electron chi connectivity index (χ0n) is 18.5. The summed E-state index contributed by atoms with van der Waals surface area (Å²) in [4.78, 5) is 9.67. The van der Waals surface area contributed by atoms with Crippen LogP contribution in [-0.2, 0) is 12.8 Å². The van der Waals surface area contributed by atoms with Gasteiger partial charge in [0.25, 0.3) is 0 Å². The summed E-state index contributed by atoms with van der Waals surface area (Å²) in [6, 6.07) is 12.0. The third kappa shape index (κ3) is 4.05. The van der Waals surface area contributed by atoms with Crippen molar-refractivity contribution in [1.29, 1.82) is 0 Å². The van der Waals surface area contributed by atoms with Gasteiger partial charge in [0, 0.05) is 6.07 Å². The van der Waals surface area contributed by atoms with Crippen molar-refractivity contribution in [3.8, 4) is 22.3 Å². The smallest absolute Gasteiger partial charge is 0.417 e. The first kappa shape index (κ1) is 22.1. The van der Waals surface area contributed by atoms with E-state index in [1.165, 1.54) is 22.9 Å². The van der Waals surface area contributed by atoms with Gasteiger partial charge in [-0.25, -0.2) is 9.67 Å². The molecule has 10 heteroatoms. The van der Waals surface area contributed by atoms with Crippen molar-refractivity contribution < 1.29 is 22.3 Å². The van der Waals surface area contributed by atoms with Gasteiger partial charge in [-0.2, -0.15) is 23.3 Å². The van der Waals surface area contributed by atoms with E-state index in [1.807, 2.05) is 36.6 Å². The lowest BCUT2D eigenvalue weighted by Crippen LogP contribution is -2.09. The number of ether oxygens (including phenoxy) is 1. The maximum Gasteiger partial charge on any atom is 0.417 e. The third-order valence-corrected chi connectivity index (χ3v) is 6.21. The molecule has 0 saturated carbocycles. The molecule has 1 aromatic carbocycles. The number of benzene rings is 1. The average Bonchev–Trinajstić information content (AvgIpc) is 3.51. The highest BCUT2D eigenvalue weighted by Gasteiger charge is 2.36. The Labute approximate surface area is 196 Å². The lowest BCUT2D eigenvalue weighted by atomic mass is 10.1. The van der Waals surface area contributed by atoms with Crippen LogP contribution in [0, 0.1) is 20.8 Å². The summed E-state index contributed by atoms with van der Waals surface area (Å²) < 4.78 is 54.7. The minimum absolute atomic E-state index is 0.0574. The minimum atomic E-state index is -4.61. The molecule has 5 aromatic rings. The van der Waals surface area contributed by atoms with Gasteiger partial charge in [-0.15, -0.1) is 11.3 Å². The van der Waals surface area contributed by atoms with Crippen molar-refractivity contribution in [1.82, 2.24) is 19.7 Å². The number of halogens is 3. The topological polar surface area (TPSA) is 66.0 Å². The van der Waals surface area contributed by atoms with Crippen LogP contribution in [0.15, 0.2) is 52.3 Å². The van der Waals surface area contributed by atoms with Gasteiger partial charge < -0.3 is 9.15 Å². The molecule has 4 heterocycles. The van der Waals surface area contributed by atoms with Gasteiger partial charge in [-0.1, -0.05) is 23.8 Å². The van der Waals surface area contributed by atoms with Gasteiger partial charge in [-0.05, 0) is 44.4 Å². The molecule has 0 radical (unpaired) electrons. The molecular weight excluding hydrogens is 465 g/mol. The second kappa shape index (κ2) is 8.28. The van der Waals surface area contributed by atoms with Crippen LogP contribution in [0.3, 0.4) is 0 Å². The van der Waals surface area contributed by atoms with Crippen molar-refractivity contribution in [2.24, 2.45) is 0 Å². The zero-order chi connectivity index (χ0) is 24.0. The highest BCUT2D eigenvalue weighted by atomic mass is 32.1. The Hall–Kier alpha value is -3.66. The molecular formula is C24H19F3N4O2S. The number of nitrogens with zero attached hydrogens (tertiary/aromatic N) is 4. The standard InChI is InChI=1S/C24H19F3N4O2S/c1-13-6-8-16(9-7-13)31-22-21(14(2)30-31)17(24(25,26)27)11-20(29-22)32-12-18-15(3)33-23(28-18)19-5-4-10-34-19/h4-11H,12H2,1-3H3. The summed E-state index contributed by atoms with van der Waals surface area (Å²) >= 11 is 1.48. The second-order valence-corrected chi connectivity index (χ2v) is 8.77. The van der Waals surface area contributed by atoms with Crippen molar-refractivity contribution in [3.05, 3.63) is 76.1 Å². The molecule has 0 aliphatic heterocycles. The molecule has 0 amide bonds. The van der Waals surface area contributed by atoms with Crippen LogP contribution in [0.1, 0.15) is 28.3 Å². The molecule has 0 bridgehead atoms. The Kier molecular flexibility index (Phi) is 5.40. The number of oxazole rings is 1. The number of pyridine rings is 1. The molecule has 0 spiro atoms. The molecule has 4 aromatic heterocycles. The van der Waals surface area contributed by atoms with Gasteiger partial charge in [0.1, 0.15) is 18.1 Å². The summed E-state index contributed by atoms with van der Waals surface area (Å²) in [6.45, 7) is 5.11. The molecule has 6 nitrogen and oxygen atoms in total. The lowest BCUT2D eigenvalue weighted by molar-refractivity contribution is -0.136. The number of rotatable bonds is 5. The highest BCUT2D eigenvalue weighted by molar-refractivity contribution is 7.13. The predicted octanol–water partition coefficient (Wildman–Crippen LogP) is 6.66. The van der Waals surface area contributed by atoms with E-state index in [0.717, 1.165) is 16.5 Å². The van der Waals surface area contributed by atoms with Crippen LogP contribution in [0.2, 0.25) is 0 Å². The number of thiophene rings is 1. The summed E-state index contributed by atoms with van der Waals surface area (Å²) in [7, 11) is 0. The minimum Gasteiger partial charge on any atom is -0.471 e. The molecule has 0 aliphatic rings. The number of hydrogen-bond acceptors (Lipinski definition) is 6. The van der Waals surface area contributed by atoms with Crippen LogP contribution in [-0.4, -0.2) is 19.7 Å². The molecule has 0 atom stereocenters. The summed E-state index contributed by atoms with van der Waals surface area (Å²) in [5, 5.41) is 6.19. The molecule has 0 fully saturated rings. The Morgan fingerprint density at radius 1 is 1.06 bits per heavy atom. The molecule has 0 aliphatic carbocycles. The fourth-order valence-electron chi connectivity index (χ4n) is 3.64. The quantitative estimate of drug-likeness (QED) is 0.279. The van der Waals surface area contributed by atoms with Gasteiger partial charge in [0.05, 0.1) is 27.2 Å². The van der Waals surface area contributed by atoms with E-state index in [-0.39, 0.29) is 29.2 Å². The largest absolute Gasteiger partial charge is 0.471 e. The first-order chi connectivity index (χ1) is 16.2. The van der Waals surface area contributed by atoms with E-state index in [2.05, 4.69) is 15.1 Å². The van der Waals surface area contributed by atoms with Crippen molar-refractivity contribution in [3.63, 3.8) is 0 Å². The van der Waals surface area contributed by atoms with Gasteiger partial charge in [0.15, 0.2) is 5.65 Å². The summed E-state index contributed by atoms with van der Waals surface area (Å²) in [5.41, 5.74) is 1.57. The Bertz CT molecular complexity index is 1470. The number of aryl methyl sites for hydroxylation is 3. The maximum atomic E-state index is 14.0. The second-order valence-electron chi connectivity index (χ2n) is 7.83. The summed E-state index contributed by atoms with van der Waals surface area (Å²) in [5.74, 6) is 0.799. The van der Waals surface area contributed by atoms with Gasteiger partial charge >= 0.3 is 6.18 Å². The first-order valence-corrected chi connectivity index (χ1v) is 11.3. The fraction of sp³-hybridized carbons (Fsp3) is 0.208. The van der Waals surface area contributed by atoms with Crippen LogP contribution in [0.4, 0.5) is 13.2 Å². The van der Waals surface area contributed by atoms with Crippen LogP contribution in [0.25, 0.3) is 27.5 Å². The fourth-order valence-corrected chi connectivity index (χ4v) is 4.29. The van der Waals surface area contributed by atoms with E-state index >= 15 is 0 Å². The van der Waals surface area contributed by atoms with Crippen LogP contribution in [0.5, 0.6) is 5.88 Å². The van der Waals surface area contributed by atoms with E-state index in [0.29, 0.717) is 23.0 Å². The Morgan fingerprint density at radius 3 is 2.50 bits per heavy atom. The molecule has 0 saturated heterocycles. The normalized spacial score (nSPS) is 11.9. The zero-order valence-corrected chi connectivity index (χ0v) is 19.3. The van der Waals surface area contributed by atoms with Gasteiger partial charge in [0.2, 0.25) is 11.8 Å². The number of fused-ring (bicyclic) bond motifs is 1. The Balaban J connectivity index is 1.55.